The molecule has 27 heavy (non-hydrogen) atoms. The molecule has 1 aromatic heterocycles. The summed E-state index contributed by atoms with van der Waals surface area (Å²) in [6.45, 7) is 10.0. The topological polar surface area (TPSA) is 116 Å². The highest BCUT2D eigenvalue weighted by atomic mass is 16.6. The highest BCUT2D eigenvalue weighted by molar-refractivity contribution is 5.85. The van der Waals surface area contributed by atoms with Crippen molar-refractivity contribution in [2.45, 2.75) is 65.1 Å². The Morgan fingerprint density at radius 1 is 1.33 bits per heavy atom. The van der Waals surface area contributed by atoms with Gasteiger partial charge in [-0.3, -0.25) is 14.6 Å². The van der Waals surface area contributed by atoms with Crippen molar-refractivity contribution in [3.63, 3.8) is 0 Å². The largest absolute Gasteiger partial charge is 0.444 e. The molecule has 0 radical (unpaired) electrons. The van der Waals surface area contributed by atoms with Crippen LogP contribution in [0.2, 0.25) is 0 Å². The molecule has 1 fully saturated rings. The van der Waals surface area contributed by atoms with E-state index in [0.717, 1.165) is 12.8 Å². The Morgan fingerprint density at radius 3 is 2.52 bits per heavy atom. The third-order valence-corrected chi connectivity index (χ3v) is 4.12. The van der Waals surface area contributed by atoms with E-state index in [-0.39, 0.29) is 17.5 Å². The van der Waals surface area contributed by atoms with Crippen LogP contribution < -0.4 is 21.1 Å². The van der Waals surface area contributed by atoms with Gasteiger partial charge in [-0.15, -0.1) is 0 Å². The molecular formula is C18H29N5O4. The molecule has 0 bridgehead atoms. The number of amides is 2. The summed E-state index contributed by atoms with van der Waals surface area (Å²) in [5, 5.41) is 5.49. The second-order valence-corrected chi connectivity index (χ2v) is 7.85. The van der Waals surface area contributed by atoms with Crippen molar-refractivity contribution in [3.05, 3.63) is 22.1 Å². The third kappa shape index (κ3) is 6.58. The summed E-state index contributed by atoms with van der Waals surface area (Å²) in [4.78, 5) is 44.7. The fourth-order valence-corrected chi connectivity index (χ4v) is 2.82. The smallest absolute Gasteiger partial charge is 0.408 e. The van der Waals surface area contributed by atoms with Crippen molar-refractivity contribution < 1.29 is 14.3 Å². The number of H-pyrrole nitrogens is 1. The maximum atomic E-state index is 12.3. The minimum Gasteiger partial charge on any atom is -0.444 e. The van der Waals surface area contributed by atoms with E-state index in [0.29, 0.717) is 24.7 Å². The second-order valence-electron chi connectivity index (χ2n) is 7.85. The van der Waals surface area contributed by atoms with Gasteiger partial charge in [-0.1, -0.05) is 0 Å². The number of nitrogens with one attached hydrogen (secondary N) is 3. The van der Waals surface area contributed by atoms with Crippen molar-refractivity contribution in [1.29, 1.82) is 0 Å². The van der Waals surface area contributed by atoms with Crippen LogP contribution >= 0.6 is 0 Å². The predicted octanol–water partition coefficient (Wildman–Crippen LogP) is 1.08. The van der Waals surface area contributed by atoms with E-state index in [9.17, 15) is 14.4 Å². The Hall–Kier alpha value is -2.58. The molecule has 1 aliphatic rings. The van der Waals surface area contributed by atoms with E-state index >= 15 is 0 Å². The van der Waals surface area contributed by atoms with Crippen molar-refractivity contribution in [2.75, 3.05) is 18.0 Å². The molecule has 1 aliphatic heterocycles. The molecule has 0 spiro atoms. The minimum atomic E-state index is -0.687. The molecule has 1 atom stereocenters. The number of ether oxygens (including phenoxy) is 1. The van der Waals surface area contributed by atoms with Gasteiger partial charge < -0.3 is 20.3 Å². The van der Waals surface area contributed by atoms with Crippen molar-refractivity contribution in [1.82, 2.24) is 20.6 Å². The second kappa shape index (κ2) is 8.41. The Kier molecular flexibility index (Phi) is 6.45. The zero-order valence-electron chi connectivity index (χ0n) is 16.6. The van der Waals surface area contributed by atoms with Gasteiger partial charge in [0.2, 0.25) is 11.9 Å². The molecule has 0 aromatic carbocycles. The van der Waals surface area contributed by atoms with E-state index < -0.39 is 17.7 Å². The van der Waals surface area contributed by atoms with E-state index in [2.05, 4.69) is 20.6 Å². The lowest BCUT2D eigenvalue weighted by atomic mass is 10.0. The predicted molar refractivity (Wildman–Crippen MR) is 102 cm³/mol. The lowest BCUT2D eigenvalue weighted by molar-refractivity contribution is -0.123. The van der Waals surface area contributed by atoms with Crippen LogP contribution in [-0.4, -0.2) is 52.7 Å². The van der Waals surface area contributed by atoms with Crippen LogP contribution in [0.3, 0.4) is 0 Å². The normalized spacial score (nSPS) is 16.6. The fraction of sp³-hybridized carbons (Fsp3) is 0.667. The lowest BCUT2D eigenvalue weighted by Gasteiger charge is -2.33. The number of hydrogen-bond acceptors (Lipinski definition) is 6. The number of aromatic amines is 1. The molecule has 9 heteroatoms. The standard InChI is InChI=1S/C18H29N5O4/c1-11-10-14(24)22-16(19-11)23-8-6-13(7-9-23)21-15(25)12(2)20-17(26)27-18(3,4)5/h10,12-13H,6-9H2,1-5H3,(H,20,26)(H,21,25)(H,19,22,24). The first kappa shape index (κ1) is 20.7. The molecule has 1 saturated heterocycles. The van der Waals surface area contributed by atoms with E-state index in [4.69, 9.17) is 4.74 Å². The first-order valence-corrected chi connectivity index (χ1v) is 9.16. The summed E-state index contributed by atoms with van der Waals surface area (Å²) in [6, 6.07) is 0.774. The maximum absolute atomic E-state index is 12.3. The van der Waals surface area contributed by atoms with Gasteiger partial charge in [0.1, 0.15) is 11.6 Å². The van der Waals surface area contributed by atoms with E-state index in [1.54, 1.807) is 34.6 Å². The Balaban J connectivity index is 1.81. The molecule has 1 unspecified atom stereocenters. The molecular weight excluding hydrogens is 350 g/mol. The van der Waals surface area contributed by atoms with Crippen molar-refractivity contribution >= 4 is 17.9 Å². The van der Waals surface area contributed by atoms with Crippen LogP contribution in [0, 0.1) is 6.92 Å². The number of aryl methyl sites for hydroxylation is 1. The number of carbonyl (C=O) groups is 2. The Labute approximate surface area is 158 Å². The summed E-state index contributed by atoms with van der Waals surface area (Å²) in [7, 11) is 0. The minimum absolute atomic E-state index is 0.00756. The molecule has 9 nitrogen and oxygen atoms in total. The number of alkyl carbamates (subject to hydrolysis) is 1. The average Bonchev–Trinajstić information content (AvgIpc) is 2.52. The zero-order chi connectivity index (χ0) is 20.2. The van der Waals surface area contributed by atoms with Crippen LogP contribution in [0.4, 0.5) is 10.7 Å². The average molecular weight is 379 g/mol. The SMILES string of the molecule is Cc1cc(=O)[nH]c(N2CCC(NC(=O)C(C)NC(=O)OC(C)(C)C)CC2)n1. The Morgan fingerprint density at radius 2 is 1.96 bits per heavy atom. The quantitative estimate of drug-likeness (QED) is 0.721. The van der Waals surface area contributed by atoms with Gasteiger partial charge >= 0.3 is 6.09 Å². The number of carbonyl (C=O) groups excluding carboxylic acids is 2. The van der Waals surface area contributed by atoms with Crippen LogP contribution in [-0.2, 0) is 9.53 Å². The number of piperidine rings is 1. The van der Waals surface area contributed by atoms with Gasteiger partial charge in [-0.2, -0.15) is 0 Å². The number of rotatable bonds is 4. The first-order valence-electron chi connectivity index (χ1n) is 9.16. The highest BCUT2D eigenvalue weighted by Gasteiger charge is 2.25. The molecule has 2 heterocycles. The van der Waals surface area contributed by atoms with Gasteiger partial charge in [-0.05, 0) is 47.5 Å². The van der Waals surface area contributed by atoms with Gasteiger partial charge in [0.25, 0.3) is 5.56 Å². The Bertz CT molecular complexity index is 732. The van der Waals surface area contributed by atoms with Crippen molar-refractivity contribution in [3.8, 4) is 0 Å². The van der Waals surface area contributed by atoms with E-state index in [1.807, 2.05) is 4.90 Å². The molecule has 150 valence electrons. The highest BCUT2D eigenvalue weighted by Crippen LogP contribution is 2.15. The molecule has 2 rings (SSSR count). The van der Waals surface area contributed by atoms with Gasteiger partial charge in [-0.25, -0.2) is 9.78 Å². The monoisotopic (exact) mass is 379 g/mol. The zero-order valence-corrected chi connectivity index (χ0v) is 16.6. The number of anilines is 1. The summed E-state index contributed by atoms with van der Waals surface area (Å²) < 4.78 is 5.16. The van der Waals surface area contributed by atoms with Crippen LogP contribution in [0.25, 0.3) is 0 Å². The summed E-state index contributed by atoms with van der Waals surface area (Å²) >= 11 is 0. The molecule has 0 saturated carbocycles. The van der Waals surface area contributed by atoms with Crippen LogP contribution in [0.1, 0.15) is 46.2 Å². The lowest BCUT2D eigenvalue weighted by Crippen LogP contribution is -2.52. The third-order valence-electron chi connectivity index (χ3n) is 4.12. The summed E-state index contributed by atoms with van der Waals surface area (Å²) in [6.07, 6.45) is 0.833. The number of nitrogens with zero attached hydrogens (tertiary/aromatic N) is 2. The van der Waals surface area contributed by atoms with Gasteiger partial charge in [0, 0.05) is 30.9 Å². The molecule has 0 aliphatic carbocycles. The summed E-state index contributed by atoms with van der Waals surface area (Å²) in [5.41, 5.74) is -0.112. The molecule has 2 amide bonds. The fourth-order valence-electron chi connectivity index (χ4n) is 2.82. The van der Waals surface area contributed by atoms with E-state index in [1.165, 1.54) is 6.07 Å². The van der Waals surface area contributed by atoms with Gasteiger partial charge in [0.15, 0.2) is 0 Å². The first-order chi connectivity index (χ1) is 12.5. The maximum Gasteiger partial charge on any atom is 0.408 e. The molecule has 3 N–H and O–H groups in total. The number of aromatic nitrogens is 2. The van der Waals surface area contributed by atoms with Crippen molar-refractivity contribution in [2.24, 2.45) is 0 Å². The van der Waals surface area contributed by atoms with Crippen LogP contribution in [0.15, 0.2) is 10.9 Å². The summed E-state index contributed by atoms with van der Waals surface area (Å²) in [5.74, 6) is 0.311. The number of hydrogen-bond donors (Lipinski definition) is 3. The van der Waals surface area contributed by atoms with Gasteiger partial charge in [0.05, 0.1) is 0 Å². The van der Waals surface area contributed by atoms with Crippen LogP contribution in [0.5, 0.6) is 0 Å². The molecule has 1 aromatic rings.